The van der Waals surface area contributed by atoms with Gasteiger partial charge in [0.25, 0.3) is 0 Å². The van der Waals surface area contributed by atoms with Gasteiger partial charge in [0.05, 0.1) is 6.61 Å². The van der Waals surface area contributed by atoms with Gasteiger partial charge in [-0.15, -0.1) is 0 Å². The van der Waals surface area contributed by atoms with Gasteiger partial charge in [0.15, 0.2) is 0 Å². The van der Waals surface area contributed by atoms with Crippen LogP contribution < -0.4 is 5.73 Å². The van der Waals surface area contributed by atoms with Crippen molar-refractivity contribution in [3.8, 4) is 0 Å². The summed E-state index contributed by atoms with van der Waals surface area (Å²) in [5.74, 6) is 0.975. The third-order valence-electron chi connectivity index (χ3n) is 1.83. The maximum Gasteiger partial charge on any atom is 0.321 e. The molecule has 0 saturated heterocycles. The minimum atomic E-state index is -0.941. The molecule has 15 heavy (non-hydrogen) atoms. The van der Waals surface area contributed by atoms with Gasteiger partial charge in [-0.25, -0.2) is 0 Å². The number of hydrogen-bond donors (Lipinski definition) is 2. The smallest absolute Gasteiger partial charge is 0.321 e. The quantitative estimate of drug-likeness (QED) is 0.587. The van der Waals surface area contributed by atoms with Crippen LogP contribution in [0.4, 0.5) is 0 Å². The van der Waals surface area contributed by atoms with E-state index in [1.165, 1.54) is 11.8 Å². The van der Waals surface area contributed by atoms with Crippen LogP contribution in [0.2, 0.25) is 0 Å². The fourth-order valence-corrected chi connectivity index (χ4v) is 1.62. The van der Waals surface area contributed by atoms with Gasteiger partial charge in [0.2, 0.25) is 0 Å². The monoisotopic (exact) mass is 235 g/mol. The summed E-state index contributed by atoms with van der Waals surface area (Å²) < 4.78 is 5.38. The molecule has 0 aromatic carbocycles. The molecule has 0 unspecified atom stereocenters. The Kier molecular flexibility index (Phi) is 8.85. The van der Waals surface area contributed by atoms with Crippen LogP contribution in [-0.4, -0.2) is 41.8 Å². The molecule has 5 heteroatoms. The van der Waals surface area contributed by atoms with Crippen molar-refractivity contribution in [2.75, 3.05) is 24.7 Å². The summed E-state index contributed by atoms with van der Waals surface area (Å²) in [6, 6.07) is -0.759. The maximum absolute atomic E-state index is 10.4. The number of carboxylic acids is 1. The molecular formula is C10H21NO3S. The molecule has 0 aromatic rings. The molecule has 0 heterocycles. The molecule has 90 valence electrons. The lowest BCUT2D eigenvalue weighted by atomic mass is 10.1. The summed E-state index contributed by atoms with van der Waals surface area (Å²) in [5, 5.41) is 8.51. The van der Waals surface area contributed by atoms with Gasteiger partial charge in [-0.2, -0.15) is 11.8 Å². The zero-order chi connectivity index (χ0) is 11.7. The molecule has 0 aliphatic heterocycles. The Labute approximate surface area is 95.6 Å². The van der Waals surface area contributed by atoms with Gasteiger partial charge in [-0.05, 0) is 12.3 Å². The second-order valence-corrected chi connectivity index (χ2v) is 4.96. The molecule has 0 aliphatic rings. The van der Waals surface area contributed by atoms with Gasteiger partial charge >= 0.3 is 5.97 Å². The van der Waals surface area contributed by atoms with Crippen LogP contribution in [0.3, 0.4) is 0 Å². The van der Waals surface area contributed by atoms with E-state index in [9.17, 15) is 4.79 Å². The van der Waals surface area contributed by atoms with Gasteiger partial charge in [-0.1, -0.05) is 13.8 Å². The van der Waals surface area contributed by atoms with E-state index in [-0.39, 0.29) is 0 Å². The third kappa shape index (κ3) is 10.0. The second-order valence-electron chi connectivity index (χ2n) is 3.81. The zero-order valence-corrected chi connectivity index (χ0v) is 10.3. The summed E-state index contributed by atoms with van der Waals surface area (Å²) in [4.78, 5) is 10.4. The lowest BCUT2D eigenvalue weighted by molar-refractivity contribution is -0.137. The third-order valence-corrected chi connectivity index (χ3v) is 2.88. The lowest BCUT2D eigenvalue weighted by Gasteiger charge is -2.07. The first-order chi connectivity index (χ1) is 7.04. The average Bonchev–Trinajstić information content (AvgIpc) is 2.15. The summed E-state index contributed by atoms with van der Waals surface area (Å²) in [6.45, 7) is 5.76. The molecule has 0 bridgehead atoms. The highest BCUT2D eigenvalue weighted by molar-refractivity contribution is 7.99. The van der Waals surface area contributed by atoms with Crippen molar-refractivity contribution in [3.05, 3.63) is 0 Å². The van der Waals surface area contributed by atoms with E-state index in [0.717, 1.165) is 18.8 Å². The number of thioether (sulfide) groups is 1. The van der Waals surface area contributed by atoms with Crippen molar-refractivity contribution in [2.24, 2.45) is 11.7 Å². The van der Waals surface area contributed by atoms with Crippen LogP contribution in [0, 0.1) is 5.92 Å². The normalized spacial score (nSPS) is 13.1. The standard InChI is InChI=1S/C10H21NO3S/c1-8(2)3-4-14-5-6-15-7-9(11)10(12)13/h8-9H,3-7,11H2,1-2H3,(H,12,13)/t9-/m1/s1. The van der Waals surface area contributed by atoms with Crippen molar-refractivity contribution in [2.45, 2.75) is 26.3 Å². The Balaban J connectivity index is 3.15. The number of carbonyl (C=O) groups is 1. The van der Waals surface area contributed by atoms with E-state index in [1.54, 1.807) is 0 Å². The Morgan fingerprint density at radius 3 is 2.67 bits per heavy atom. The number of nitrogens with two attached hydrogens (primary N) is 1. The molecule has 4 nitrogen and oxygen atoms in total. The summed E-state index contributed by atoms with van der Waals surface area (Å²) in [7, 11) is 0. The van der Waals surface area contributed by atoms with Gasteiger partial charge in [-0.3, -0.25) is 4.79 Å². The van der Waals surface area contributed by atoms with Crippen LogP contribution >= 0.6 is 11.8 Å². The van der Waals surface area contributed by atoms with E-state index in [2.05, 4.69) is 13.8 Å². The SMILES string of the molecule is CC(C)CCOCCSC[C@@H](N)C(=O)O. The highest BCUT2D eigenvalue weighted by Gasteiger charge is 2.10. The van der Waals surface area contributed by atoms with Crippen LogP contribution in [0.1, 0.15) is 20.3 Å². The van der Waals surface area contributed by atoms with E-state index >= 15 is 0 Å². The zero-order valence-electron chi connectivity index (χ0n) is 9.44. The van der Waals surface area contributed by atoms with Crippen LogP contribution in [0.5, 0.6) is 0 Å². The molecule has 0 radical (unpaired) electrons. The summed E-state index contributed by atoms with van der Waals surface area (Å²) in [5.41, 5.74) is 5.34. The Bertz CT molecular complexity index is 176. The molecule has 0 aromatic heterocycles. The van der Waals surface area contributed by atoms with Crippen LogP contribution in [-0.2, 0) is 9.53 Å². The number of rotatable bonds is 9. The predicted octanol–water partition coefficient (Wildman–Crippen LogP) is 1.19. The minimum absolute atomic E-state index is 0.447. The second kappa shape index (κ2) is 9.00. The Morgan fingerprint density at radius 1 is 1.47 bits per heavy atom. The Morgan fingerprint density at radius 2 is 2.13 bits per heavy atom. The number of ether oxygens (including phenoxy) is 1. The molecule has 3 N–H and O–H groups in total. The number of hydrogen-bond acceptors (Lipinski definition) is 4. The first kappa shape index (κ1) is 14.7. The lowest BCUT2D eigenvalue weighted by Crippen LogP contribution is -2.32. The topological polar surface area (TPSA) is 72.5 Å². The molecule has 0 fully saturated rings. The van der Waals surface area contributed by atoms with Gasteiger partial charge in [0.1, 0.15) is 6.04 Å². The molecule has 1 atom stereocenters. The molecule has 0 saturated carbocycles. The first-order valence-corrected chi connectivity index (χ1v) is 6.33. The van der Waals surface area contributed by atoms with Crippen molar-refractivity contribution in [1.29, 1.82) is 0 Å². The number of carboxylic acid groups (broad SMARTS) is 1. The Hall–Kier alpha value is -0.260. The molecule has 0 amide bonds. The fraction of sp³-hybridized carbons (Fsp3) is 0.900. The van der Waals surface area contributed by atoms with E-state index in [4.69, 9.17) is 15.6 Å². The first-order valence-electron chi connectivity index (χ1n) is 5.18. The van der Waals surface area contributed by atoms with Crippen molar-refractivity contribution in [3.63, 3.8) is 0 Å². The van der Waals surface area contributed by atoms with E-state index in [0.29, 0.717) is 18.3 Å². The highest BCUT2D eigenvalue weighted by atomic mass is 32.2. The van der Waals surface area contributed by atoms with Crippen molar-refractivity contribution >= 4 is 17.7 Å². The van der Waals surface area contributed by atoms with Crippen LogP contribution in [0.25, 0.3) is 0 Å². The fourth-order valence-electron chi connectivity index (χ4n) is 0.821. The molecule has 0 rings (SSSR count). The predicted molar refractivity (Wildman–Crippen MR) is 63.2 cm³/mol. The number of aliphatic carboxylic acids is 1. The molecule has 0 aliphatic carbocycles. The molecule has 0 spiro atoms. The van der Waals surface area contributed by atoms with Gasteiger partial charge in [0, 0.05) is 18.1 Å². The van der Waals surface area contributed by atoms with Crippen molar-refractivity contribution in [1.82, 2.24) is 0 Å². The van der Waals surface area contributed by atoms with Crippen molar-refractivity contribution < 1.29 is 14.6 Å². The average molecular weight is 235 g/mol. The van der Waals surface area contributed by atoms with E-state index < -0.39 is 12.0 Å². The summed E-state index contributed by atoms with van der Waals surface area (Å²) in [6.07, 6.45) is 1.07. The highest BCUT2D eigenvalue weighted by Crippen LogP contribution is 2.03. The van der Waals surface area contributed by atoms with Gasteiger partial charge < -0.3 is 15.6 Å². The maximum atomic E-state index is 10.4. The minimum Gasteiger partial charge on any atom is -0.480 e. The summed E-state index contributed by atoms with van der Waals surface area (Å²) >= 11 is 1.52. The molecular weight excluding hydrogens is 214 g/mol. The van der Waals surface area contributed by atoms with Crippen LogP contribution in [0.15, 0.2) is 0 Å². The van der Waals surface area contributed by atoms with E-state index in [1.807, 2.05) is 0 Å². The largest absolute Gasteiger partial charge is 0.480 e.